The molecule has 5 nitrogen and oxygen atoms in total. The van der Waals surface area contributed by atoms with E-state index in [4.69, 9.17) is 0 Å². The minimum absolute atomic E-state index is 0.163. The second-order valence-electron chi connectivity index (χ2n) is 4.91. The Balaban J connectivity index is 2.40. The van der Waals surface area contributed by atoms with Crippen molar-refractivity contribution in [3.8, 4) is 0 Å². The smallest absolute Gasteiger partial charge is 0.268 e. The molecule has 0 radical (unpaired) electrons. The quantitative estimate of drug-likeness (QED) is 0.643. The summed E-state index contributed by atoms with van der Waals surface area (Å²) in [4.78, 5) is 37.7. The molecule has 1 aromatic rings. The Labute approximate surface area is 139 Å². The van der Waals surface area contributed by atoms with Crippen molar-refractivity contribution in [2.24, 2.45) is 0 Å². The molecule has 0 spiro atoms. The molecule has 0 unspecified atom stereocenters. The Morgan fingerprint density at radius 2 is 1.91 bits per heavy atom. The van der Waals surface area contributed by atoms with E-state index < -0.39 is 0 Å². The van der Waals surface area contributed by atoms with Gasteiger partial charge in [0.1, 0.15) is 0 Å². The molecule has 1 heterocycles. The van der Waals surface area contributed by atoms with E-state index in [0.29, 0.717) is 27.5 Å². The van der Waals surface area contributed by atoms with Gasteiger partial charge in [-0.1, -0.05) is 25.1 Å². The molecule has 0 saturated heterocycles. The number of imide groups is 1. The molecule has 23 heavy (non-hydrogen) atoms. The molecule has 0 bridgehead atoms. The van der Waals surface area contributed by atoms with Crippen LogP contribution in [0.25, 0.3) is 5.57 Å². The summed E-state index contributed by atoms with van der Waals surface area (Å²) in [6.45, 7) is 7.15. The SMILES string of the molecule is C=CCN1C(=O)C(SCC)=C(c2ccc(NC(C)=O)cc2)C1=O. The third-order valence-corrected chi connectivity index (χ3v) is 4.18. The van der Waals surface area contributed by atoms with Gasteiger partial charge in [-0.2, -0.15) is 0 Å². The molecule has 1 aliphatic rings. The van der Waals surface area contributed by atoms with Crippen LogP contribution in [0.5, 0.6) is 0 Å². The summed E-state index contributed by atoms with van der Waals surface area (Å²) >= 11 is 1.36. The van der Waals surface area contributed by atoms with E-state index in [0.717, 1.165) is 0 Å². The van der Waals surface area contributed by atoms with Gasteiger partial charge in [-0.05, 0) is 23.4 Å². The molecule has 0 aromatic heterocycles. The number of anilines is 1. The van der Waals surface area contributed by atoms with Crippen molar-refractivity contribution in [3.05, 3.63) is 47.4 Å². The van der Waals surface area contributed by atoms with E-state index in [1.54, 1.807) is 24.3 Å². The maximum absolute atomic E-state index is 12.6. The minimum Gasteiger partial charge on any atom is -0.326 e. The molecule has 1 N–H and O–H groups in total. The van der Waals surface area contributed by atoms with Gasteiger partial charge in [0.05, 0.1) is 10.5 Å². The van der Waals surface area contributed by atoms with Crippen LogP contribution in [0.3, 0.4) is 0 Å². The zero-order chi connectivity index (χ0) is 17.0. The van der Waals surface area contributed by atoms with Gasteiger partial charge in [0, 0.05) is 19.2 Å². The summed E-state index contributed by atoms with van der Waals surface area (Å²) in [5.74, 6) is -0.0479. The number of carbonyl (C=O) groups is 3. The predicted molar refractivity (Wildman–Crippen MR) is 92.7 cm³/mol. The van der Waals surface area contributed by atoms with Crippen LogP contribution in [0.2, 0.25) is 0 Å². The molecule has 0 fully saturated rings. The number of thioether (sulfide) groups is 1. The Hall–Kier alpha value is -2.34. The van der Waals surface area contributed by atoms with Gasteiger partial charge in [0.25, 0.3) is 11.8 Å². The Kier molecular flexibility index (Phi) is 5.39. The highest BCUT2D eigenvalue weighted by molar-refractivity contribution is 8.04. The fraction of sp³-hybridized carbons (Fsp3) is 0.235. The van der Waals surface area contributed by atoms with Gasteiger partial charge in [0.2, 0.25) is 5.91 Å². The van der Waals surface area contributed by atoms with Crippen LogP contribution in [0.4, 0.5) is 5.69 Å². The van der Waals surface area contributed by atoms with Gasteiger partial charge >= 0.3 is 0 Å². The highest BCUT2D eigenvalue weighted by Crippen LogP contribution is 2.36. The highest BCUT2D eigenvalue weighted by Gasteiger charge is 2.38. The zero-order valence-corrected chi connectivity index (χ0v) is 13.9. The van der Waals surface area contributed by atoms with Crippen molar-refractivity contribution >= 4 is 40.7 Å². The first-order valence-electron chi connectivity index (χ1n) is 7.21. The van der Waals surface area contributed by atoms with Crippen LogP contribution in [-0.2, 0) is 14.4 Å². The predicted octanol–water partition coefficient (Wildman–Crippen LogP) is 2.66. The number of rotatable bonds is 6. The lowest BCUT2D eigenvalue weighted by atomic mass is 10.1. The maximum Gasteiger partial charge on any atom is 0.268 e. The van der Waals surface area contributed by atoms with Crippen molar-refractivity contribution in [3.63, 3.8) is 0 Å². The van der Waals surface area contributed by atoms with Gasteiger partial charge in [-0.25, -0.2) is 0 Å². The topological polar surface area (TPSA) is 66.5 Å². The van der Waals surface area contributed by atoms with E-state index in [1.165, 1.54) is 29.7 Å². The van der Waals surface area contributed by atoms with E-state index in [1.807, 2.05) is 6.92 Å². The number of hydrogen-bond donors (Lipinski definition) is 1. The van der Waals surface area contributed by atoms with Crippen LogP contribution >= 0.6 is 11.8 Å². The van der Waals surface area contributed by atoms with Crippen LogP contribution in [0.15, 0.2) is 41.8 Å². The second-order valence-corrected chi connectivity index (χ2v) is 6.18. The zero-order valence-electron chi connectivity index (χ0n) is 13.1. The fourth-order valence-electron chi connectivity index (χ4n) is 2.31. The lowest BCUT2D eigenvalue weighted by Crippen LogP contribution is -2.31. The third-order valence-electron chi connectivity index (χ3n) is 3.22. The molecule has 2 rings (SSSR count). The molecule has 120 valence electrons. The first-order valence-corrected chi connectivity index (χ1v) is 8.20. The maximum atomic E-state index is 12.6. The average molecular weight is 330 g/mol. The van der Waals surface area contributed by atoms with Crippen molar-refractivity contribution in [2.75, 3.05) is 17.6 Å². The van der Waals surface area contributed by atoms with E-state index in [-0.39, 0.29) is 24.3 Å². The number of carbonyl (C=O) groups excluding carboxylic acids is 3. The molecule has 3 amide bonds. The molecule has 0 saturated carbocycles. The minimum atomic E-state index is -0.307. The highest BCUT2D eigenvalue weighted by atomic mass is 32.2. The largest absolute Gasteiger partial charge is 0.326 e. The number of benzene rings is 1. The average Bonchev–Trinajstić information content (AvgIpc) is 2.73. The molecule has 1 aliphatic heterocycles. The van der Waals surface area contributed by atoms with E-state index in [2.05, 4.69) is 11.9 Å². The van der Waals surface area contributed by atoms with E-state index >= 15 is 0 Å². The van der Waals surface area contributed by atoms with Gasteiger partial charge in [-0.3, -0.25) is 19.3 Å². The summed E-state index contributed by atoms with van der Waals surface area (Å²) in [6.07, 6.45) is 1.53. The van der Waals surface area contributed by atoms with Gasteiger partial charge in [-0.15, -0.1) is 18.3 Å². The molecule has 6 heteroatoms. The van der Waals surface area contributed by atoms with Gasteiger partial charge < -0.3 is 5.32 Å². The second kappa shape index (κ2) is 7.28. The summed E-state index contributed by atoms with van der Waals surface area (Å²) in [5, 5.41) is 2.67. The Bertz CT molecular complexity index is 692. The van der Waals surface area contributed by atoms with Crippen LogP contribution < -0.4 is 5.32 Å². The summed E-state index contributed by atoms with van der Waals surface area (Å²) in [7, 11) is 0. The Morgan fingerprint density at radius 1 is 1.26 bits per heavy atom. The Morgan fingerprint density at radius 3 is 2.43 bits per heavy atom. The van der Waals surface area contributed by atoms with Crippen molar-refractivity contribution < 1.29 is 14.4 Å². The first-order chi connectivity index (χ1) is 11.0. The summed E-state index contributed by atoms with van der Waals surface area (Å²) in [5.41, 5.74) is 1.73. The molecular weight excluding hydrogens is 312 g/mol. The molecule has 0 aliphatic carbocycles. The van der Waals surface area contributed by atoms with E-state index in [9.17, 15) is 14.4 Å². The third kappa shape index (κ3) is 3.53. The van der Waals surface area contributed by atoms with Gasteiger partial charge in [0.15, 0.2) is 0 Å². The van der Waals surface area contributed by atoms with Crippen LogP contribution in [-0.4, -0.2) is 34.9 Å². The molecule has 0 atom stereocenters. The number of amides is 3. The summed E-state index contributed by atoms with van der Waals surface area (Å²) in [6, 6.07) is 6.90. The lowest BCUT2D eigenvalue weighted by Gasteiger charge is -2.12. The van der Waals surface area contributed by atoms with Crippen LogP contribution in [0, 0.1) is 0 Å². The van der Waals surface area contributed by atoms with Crippen LogP contribution in [0.1, 0.15) is 19.4 Å². The standard InChI is InChI=1S/C17H18N2O3S/c1-4-10-19-16(21)14(15(17(19)22)23-5-2)12-6-8-13(9-7-12)18-11(3)20/h4,6-9H,1,5,10H2,2-3H3,(H,18,20). The van der Waals surface area contributed by atoms with Crippen molar-refractivity contribution in [1.29, 1.82) is 0 Å². The first kappa shape index (κ1) is 17.0. The lowest BCUT2D eigenvalue weighted by molar-refractivity contribution is -0.135. The van der Waals surface area contributed by atoms with Crippen molar-refractivity contribution in [1.82, 2.24) is 4.90 Å². The molecule has 1 aromatic carbocycles. The summed E-state index contributed by atoms with van der Waals surface area (Å²) < 4.78 is 0. The fourth-order valence-corrected chi connectivity index (χ4v) is 3.18. The number of nitrogens with zero attached hydrogens (tertiary/aromatic N) is 1. The number of nitrogens with one attached hydrogen (secondary N) is 1. The normalized spacial score (nSPS) is 14.4. The number of hydrogen-bond acceptors (Lipinski definition) is 4. The molecular formula is C17H18N2O3S. The monoisotopic (exact) mass is 330 g/mol. The van der Waals surface area contributed by atoms with Crippen molar-refractivity contribution in [2.45, 2.75) is 13.8 Å².